The van der Waals surface area contributed by atoms with E-state index in [4.69, 9.17) is 9.47 Å². The highest BCUT2D eigenvalue weighted by atomic mass is 19.1. The molecular formula is C19H21FO4. The van der Waals surface area contributed by atoms with Crippen LogP contribution in [0.5, 0.6) is 11.5 Å². The highest BCUT2D eigenvalue weighted by Gasteiger charge is 2.23. The third kappa shape index (κ3) is 4.25. The lowest BCUT2D eigenvalue weighted by Crippen LogP contribution is -2.15. The lowest BCUT2D eigenvalue weighted by molar-refractivity contribution is -0.138. The summed E-state index contributed by atoms with van der Waals surface area (Å²) in [6, 6.07) is 11.0. The molecule has 1 N–H and O–H groups in total. The molecule has 0 aliphatic rings. The van der Waals surface area contributed by atoms with Crippen molar-refractivity contribution in [2.45, 2.75) is 25.7 Å². The molecule has 0 aliphatic carbocycles. The van der Waals surface area contributed by atoms with Crippen LogP contribution in [0.4, 0.5) is 4.39 Å². The standard InChI is InChI=1S/C19H21FO4/c1-3-11-24-17-6-4-5-14(18(17)23-2)12-16(19(21)22)13-7-9-15(20)10-8-13/h4-10,16H,3,11-12H2,1-2H3,(H,21,22). The number of rotatable bonds is 8. The van der Waals surface area contributed by atoms with E-state index in [0.29, 0.717) is 23.7 Å². The van der Waals surface area contributed by atoms with Gasteiger partial charge in [0, 0.05) is 0 Å². The van der Waals surface area contributed by atoms with Crippen LogP contribution in [-0.2, 0) is 11.2 Å². The molecular weight excluding hydrogens is 311 g/mol. The Bertz CT molecular complexity index is 682. The van der Waals surface area contributed by atoms with Crippen LogP contribution in [0.15, 0.2) is 42.5 Å². The summed E-state index contributed by atoms with van der Waals surface area (Å²) in [7, 11) is 1.53. The van der Waals surface area contributed by atoms with Gasteiger partial charge in [-0.05, 0) is 42.2 Å². The summed E-state index contributed by atoms with van der Waals surface area (Å²) in [5.74, 6) is -1.01. The fraction of sp³-hybridized carbons (Fsp3) is 0.316. The Morgan fingerprint density at radius 2 is 1.92 bits per heavy atom. The first-order valence-electron chi connectivity index (χ1n) is 7.83. The minimum atomic E-state index is -0.969. The monoisotopic (exact) mass is 332 g/mol. The van der Waals surface area contributed by atoms with Gasteiger partial charge in [-0.3, -0.25) is 4.79 Å². The summed E-state index contributed by atoms with van der Waals surface area (Å²) in [5.41, 5.74) is 1.29. The first-order valence-corrected chi connectivity index (χ1v) is 7.83. The average molecular weight is 332 g/mol. The predicted octanol–water partition coefficient (Wildman–Crippen LogP) is 4.03. The van der Waals surface area contributed by atoms with Gasteiger partial charge in [-0.1, -0.05) is 31.2 Å². The molecule has 4 nitrogen and oxygen atoms in total. The van der Waals surface area contributed by atoms with E-state index in [1.807, 2.05) is 19.1 Å². The third-order valence-electron chi connectivity index (χ3n) is 3.72. The fourth-order valence-corrected chi connectivity index (χ4v) is 2.54. The maximum Gasteiger partial charge on any atom is 0.311 e. The van der Waals surface area contributed by atoms with Crippen molar-refractivity contribution >= 4 is 5.97 Å². The number of methoxy groups -OCH3 is 1. The second kappa shape index (κ2) is 8.34. The predicted molar refractivity (Wildman–Crippen MR) is 89.3 cm³/mol. The summed E-state index contributed by atoms with van der Waals surface area (Å²) >= 11 is 0. The molecule has 0 saturated carbocycles. The van der Waals surface area contributed by atoms with Crippen LogP contribution in [0, 0.1) is 5.82 Å². The van der Waals surface area contributed by atoms with Gasteiger partial charge in [-0.25, -0.2) is 4.39 Å². The second-order valence-corrected chi connectivity index (χ2v) is 5.44. The Labute approximate surface area is 140 Å². The van der Waals surface area contributed by atoms with Gasteiger partial charge in [0.2, 0.25) is 0 Å². The molecule has 128 valence electrons. The van der Waals surface area contributed by atoms with E-state index in [1.165, 1.54) is 31.4 Å². The van der Waals surface area contributed by atoms with Crippen molar-refractivity contribution in [3.05, 3.63) is 59.4 Å². The van der Waals surface area contributed by atoms with E-state index in [1.54, 1.807) is 6.07 Å². The Morgan fingerprint density at radius 1 is 1.21 bits per heavy atom. The van der Waals surface area contributed by atoms with Gasteiger partial charge in [0.05, 0.1) is 19.6 Å². The van der Waals surface area contributed by atoms with E-state index >= 15 is 0 Å². The van der Waals surface area contributed by atoms with Crippen LogP contribution in [-0.4, -0.2) is 24.8 Å². The van der Waals surface area contributed by atoms with Gasteiger partial charge in [-0.15, -0.1) is 0 Å². The SMILES string of the molecule is CCCOc1cccc(CC(C(=O)O)c2ccc(F)cc2)c1OC. The third-order valence-corrected chi connectivity index (χ3v) is 3.72. The Morgan fingerprint density at radius 3 is 2.50 bits per heavy atom. The van der Waals surface area contributed by atoms with Crippen molar-refractivity contribution in [3.63, 3.8) is 0 Å². The number of benzene rings is 2. The van der Waals surface area contributed by atoms with Crippen molar-refractivity contribution in [2.24, 2.45) is 0 Å². The number of carboxylic acid groups (broad SMARTS) is 1. The van der Waals surface area contributed by atoms with Crippen LogP contribution in [0.1, 0.15) is 30.4 Å². The zero-order chi connectivity index (χ0) is 17.5. The molecule has 0 amide bonds. The van der Waals surface area contributed by atoms with Crippen LogP contribution in [0.2, 0.25) is 0 Å². The molecule has 24 heavy (non-hydrogen) atoms. The van der Waals surface area contributed by atoms with E-state index in [-0.39, 0.29) is 6.42 Å². The molecule has 0 fully saturated rings. The largest absolute Gasteiger partial charge is 0.493 e. The van der Waals surface area contributed by atoms with Crippen molar-refractivity contribution in [1.29, 1.82) is 0 Å². The number of halogens is 1. The summed E-state index contributed by atoms with van der Waals surface area (Å²) in [4.78, 5) is 11.7. The molecule has 0 bridgehead atoms. The molecule has 2 rings (SSSR count). The van der Waals surface area contributed by atoms with Gasteiger partial charge in [-0.2, -0.15) is 0 Å². The number of para-hydroxylation sites is 1. The molecule has 0 heterocycles. The smallest absolute Gasteiger partial charge is 0.311 e. The van der Waals surface area contributed by atoms with E-state index < -0.39 is 17.7 Å². The van der Waals surface area contributed by atoms with Crippen molar-refractivity contribution in [2.75, 3.05) is 13.7 Å². The van der Waals surface area contributed by atoms with Gasteiger partial charge < -0.3 is 14.6 Å². The van der Waals surface area contributed by atoms with Gasteiger partial charge >= 0.3 is 5.97 Å². The van der Waals surface area contributed by atoms with Crippen LogP contribution in [0.25, 0.3) is 0 Å². The molecule has 1 unspecified atom stereocenters. The molecule has 0 radical (unpaired) electrons. The highest BCUT2D eigenvalue weighted by Crippen LogP contribution is 2.34. The number of ether oxygens (including phenoxy) is 2. The minimum Gasteiger partial charge on any atom is -0.493 e. The lowest BCUT2D eigenvalue weighted by atomic mass is 9.91. The second-order valence-electron chi connectivity index (χ2n) is 5.44. The molecule has 5 heteroatoms. The van der Waals surface area contributed by atoms with Crippen molar-refractivity contribution < 1.29 is 23.8 Å². The number of aliphatic carboxylic acids is 1. The Hall–Kier alpha value is -2.56. The Kier molecular flexibility index (Phi) is 6.18. The van der Waals surface area contributed by atoms with E-state index in [2.05, 4.69) is 0 Å². The average Bonchev–Trinajstić information content (AvgIpc) is 2.58. The minimum absolute atomic E-state index is 0.230. The number of hydrogen-bond donors (Lipinski definition) is 1. The molecule has 0 aliphatic heterocycles. The van der Waals surface area contributed by atoms with E-state index in [9.17, 15) is 14.3 Å². The maximum atomic E-state index is 13.1. The lowest BCUT2D eigenvalue weighted by Gasteiger charge is -2.17. The van der Waals surface area contributed by atoms with E-state index in [0.717, 1.165) is 12.0 Å². The van der Waals surface area contributed by atoms with Gasteiger partial charge in [0.1, 0.15) is 5.82 Å². The molecule has 1 atom stereocenters. The summed E-state index contributed by atoms with van der Waals surface area (Å²) in [6.07, 6.45) is 1.09. The maximum absolute atomic E-state index is 13.1. The van der Waals surface area contributed by atoms with Crippen LogP contribution >= 0.6 is 0 Å². The van der Waals surface area contributed by atoms with Crippen molar-refractivity contribution in [3.8, 4) is 11.5 Å². The van der Waals surface area contributed by atoms with Crippen LogP contribution in [0.3, 0.4) is 0 Å². The quantitative estimate of drug-likeness (QED) is 0.793. The Balaban J connectivity index is 2.32. The van der Waals surface area contributed by atoms with Gasteiger partial charge in [0.25, 0.3) is 0 Å². The first kappa shape index (κ1) is 17.8. The zero-order valence-electron chi connectivity index (χ0n) is 13.8. The normalized spacial score (nSPS) is 11.8. The number of hydrogen-bond acceptors (Lipinski definition) is 3. The van der Waals surface area contributed by atoms with Gasteiger partial charge in [0.15, 0.2) is 11.5 Å². The fourth-order valence-electron chi connectivity index (χ4n) is 2.54. The summed E-state index contributed by atoms with van der Waals surface area (Å²) < 4.78 is 24.2. The number of carbonyl (C=O) groups is 1. The molecule has 0 aromatic heterocycles. The summed E-state index contributed by atoms with van der Waals surface area (Å²) in [6.45, 7) is 2.56. The number of carboxylic acids is 1. The van der Waals surface area contributed by atoms with Crippen molar-refractivity contribution in [1.82, 2.24) is 0 Å². The molecule has 0 spiro atoms. The van der Waals surface area contributed by atoms with Crippen LogP contribution < -0.4 is 9.47 Å². The zero-order valence-corrected chi connectivity index (χ0v) is 13.8. The highest BCUT2D eigenvalue weighted by molar-refractivity contribution is 5.76. The summed E-state index contributed by atoms with van der Waals surface area (Å²) in [5, 5.41) is 9.57. The topological polar surface area (TPSA) is 55.8 Å². The molecule has 0 saturated heterocycles. The molecule has 2 aromatic carbocycles. The first-order chi connectivity index (χ1) is 11.6. The molecule has 2 aromatic rings.